The van der Waals surface area contributed by atoms with Crippen LogP contribution in [0.1, 0.15) is 12.0 Å². The molecule has 3 heterocycles. The summed E-state index contributed by atoms with van der Waals surface area (Å²) >= 11 is 0. The fourth-order valence-electron chi connectivity index (χ4n) is 3.37. The zero-order valence-corrected chi connectivity index (χ0v) is 14.5. The molecule has 1 aliphatic rings. The first-order chi connectivity index (χ1) is 12.8. The Labute approximate surface area is 152 Å². The molecule has 6 nitrogen and oxygen atoms in total. The second-order valence-corrected chi connectivity index (χ2v) is 6.70. The maximum absolute atomic E-state index is 13.3. The molecule has 9 heteroatoms. The minimum absolute atomic E-state index is 0.100. The van der Waals surface area contributed by atoms with Crippen LogP contribution >= 0.6 is 0 Å². The van der Waals surface area contributed by atoms with Crippen molar-refractivity contribution in [2.24, 2.45) is 0 Å². The van der Waals surface area contributed by atoms with Crippen LogP contribution in [0.15, 0.2) is 41.6 Å². The fourth-order valence-corrected chi connectivity index (χ4v) is 3.37. The molecule has 0 spiro atoms. The third-order valence-corrected chi connectivity index (χ3v) is 4.66. The number of fused-ring (bicyclic) bond motifs is 1. The summed E-state index contributed by atoms with van der Waals surface area (Å²) in [5.74, 6) is 0.667. The Morgan fingerprint density at radius 3 is 2.74 bits per heavy atom. The Morgan fingerprint density at radius 1 is 1.26 bits per heavy atom. The predicted molar refractivity (Wildman–Crippen MR) is 93.2 cm³/mol. The van der Waals surface area contributed by atoms with Gasteiger partial charge in [0.2, 0.25) is 0 Å². The van der Waals surface area contributed by atoms with Gasteiger partial charge in [-0.3, -0.25) is 4.79 Å². The van der Waals surface area contributed by atoms with Gasteiger partial charge in [0.05, 0.1) is 11.9 Å². The topological polar surface area (TPSA) is 63.1 Å². The fraction of sp³-hybridized carbons (Fsp3) is 0.333. The average molecular weight is 378 g/mol. The summed E-state index contributed by atoms with van der Waals surface area (Å²) in [7, 11) is 2.03. The van der Waals surface area contributed by atoms with Crippen molar-refractivity contribution in [3.8, 4) is 11.4 Å². The molecule has 1 aliphatic heterocycles. The number of halogens is 3. The molecular weight excluding hydrogens is 361 g/mol. The van der Waals surface area contributed by atoms with Gasteiger partial charge in [-0.05, 0) is 31.7 Å². The van der Waals surface area contributed by atoms with Gasteiger partial charge in [-0.2, -0.15) is 18.3 Å². The third-order valence-electron chi connectivity index (χ3n) is 4.66. The zero-order chi connectivity index (χ0) is 19.2. The minimum Gasteiger partial charge on any atom is -0.489 e. The van der Waals surface area contributed by atoms with E-state index in [9.17, 15) is 18.0 Å². The summed E-state index contributed by atoms with van der Waals surface area (Å²) in [6.07, 6.45) is 0.314. The number of H-pyrrole nitrogens is 1. The highest BCUT2D eigenvalue weighted by Gasteiger charge is 2.37. The van der Waals surface area contributed by atoms with E-state index in [1.165, 1.54) is 17.0 Å². The first-order valence-electron chi connectivity index (χ1n) is 8.43. The van der Waals surface area contributed by atoms with Crippen LogP contribution in [0, 0.1) is 0 Å². The first-order valence-corrected chi connectivity index (χ1v) is 8.43. The summed E-state index contributed by atoms with van der Waals surface area (Å²) < 4.78 is 47.1. The number of hydrogen-bond acceptors (Lipinski definition) is 4. The van der Waals surface area contributed by atoms with Crippen LogP contribution in [0.25, 0.3) is 16.5 Å². The molecule has 1 N–H and O–H groups in total. The maximum Gasteiger partial charge on any atom is 0.423 e. The Bertz CT molecular complexity index is 1040. The number of likely N-dealkylation sites (tertiary alicyclic amines) is 1. The van der Waals surface area contributed by atoms with Gasteiger partial charge in [0.15, 0.2) is 0 Å². The molecule has 3 aromatic rings. The van der Waals surface area contributed by atoms with Crippen molar-refractivity contribution >= 4 is 10.8 Å². The maximum atomic E-state index is 13.3. The summed E-state index contributed by atoms with van der Waals surface area (Å²) in [6, 6.07) is 5.37. The lowest BCUT2D eigenvalue weighted by Gasteiger charge is -2.13. The molecule has 0 bridgehead atoms. The van der Waals surface area contributed by atoms with Gasteiger partial charge in [0.25, 0.3) is 5.56 Å². The molecule has 4 rings (SSSR count). The molecule has 0 radical (unpaired) electrons. The van der Waals surface area contributed by atoms with E-state index in [4.69, 9.17) is 4.74 Å². The van der Waals surface area contributed by atoms with Crippen molar-refractivity contribution in [2.45, 2.75) is 18.7 Å². The molecule has 0 amide bonds. The van der Waals surface area contributed by atoms with Gasteiger partial charge in [-0.25, -0.2) is 5.10 Å². The molecule has 142 valence electrons. The lowest BCUT2D eigenvalue weighted by molar-refractivity contribution is -0.138. The Balaban J connectivity index is 1.71. The molecule has 1 saturated heterocycles. The number of likely N-dealkylation sites (N-methyl/N-ethyl adjacent to an activating group) is 1. The quantitative estimate of drug-likeness (QED) is 0.761. The second-order valence-electron chi connectivity index (χ2n) is 6.70. The molecule has 27 heavy (non-hydrogen) atoms. The monoisotopic (exact) mass is 378 g/mol. The largest absolute Gasteiger partial charge is 0.489 e. The molecule has 1 unspecified atom stereocenters. The molecular formula is C18H17F3N4O2. The van der Waals surface area contributed by atoms with Crippen LogP contribution < -0.4 is 10.3 Å². The van der Waals surface area contributed by atoms with Crippen molar-refractivity contribution < 1.29 is 17.9 Å². The molecule has 1 aromatic carbocycles. The van der Waals surface area contributed by atoms with Gasteiger partial charge >= 0.3 is 6.18 Å². The summed E-state index contributed by atoms with van der Waals surface area (Å²) in [4.78, 5) is 13.9. The lowest BCUT2D eigenvalue weighted by atomic mass is 10.2. The number of hydrogen-bond donors (Lipinski definition) is 1. The van der Waals surface area contributed by atoms with E-state index in [0.717, 1.165) is 31.1 Å². The van der Waals surface area contributed by atoms with Gasteiger partial charge < -0.3 is 14.2 Å². The molecule has 2 aromatic heterocycles. The SMILES string of the molecule is CN1CCC(Oc2ccc3cn(-c4cn[nH]c(=O)c4C(F)(F)F)cc3c2)C1. The van der Waals surface area contributed by atoms with E-state index in [0.29, 0.717) is 11.1 Å². The third kappa shape index (κ3) is 3.42. The summed E-state index contributed by atoms with van der Waals surface area (Å²) in [5.41, 5.74) is -2.86. The zero-order valence-electron chi connectivity index (χ0n) is 14.5. The van der Waals surface area contributed by atoms with Crippen LogP contribution in [0.4, 0.5) is 13.2 Å². The first kappa shape index (κ1) is 17.6. The Morgan fingerprint density at radius 2 is 2.04 bits per heavy atom. The van der Waals surface area contributed by atoms with Crippen LogP contribution in [0.2, 0.25) is 0 Å². The van der Waals surface area contributed by atoms with Crippen LogP contribution in [-0.2, 0) is 6.18 Å². The van der Waals surface area contributed by atoms with Gasteiger partial charge in [0, 0.05) is 36.3 Å². The van der Waals surface area contributed by atoms with E-state index in [1.54, 1.807) is 18.2 Å². The molecule has 1 fully saturated rings. The highest BCUT2D eigenvalue weighted by molar-refractivity contribution is 5.84. The lowest BCUT2D eigenvalue weighted by Crippen LogP contribution is -2.25. The highest BCUT2D eigenvalue weighted by atomic mass is 19.4. The second kappa shape index (κ2) is 6.41. The predicted octanol–water partition coefficient (Wildman–Crippen LogP) is 2.82. The van der Waals surface area contributed by atoms with Gasteiger partial charge in [-0.1, -0.05) is 0 Å². The van der Waals surface area contributed by atoms with E-state index in [1.807, 2.05) is 12.1 Å². The number of benzene rings is 1. The number of rotatable bonds is 3. The van der Waals surface area contributed by atoms with Crippen molar-refractivity contribution in [1.82, 2.24) is 19.7 Å². The average Bonchev–Trinajstić information content (AvgIpc) is 3.19. The smallest absolute Gasteiger partial charge is 0.423 e. The van der Waals surface area contributed by atoms with Crippen molar-refractivity contribution in [3.63, 3.8) is 0 Å². The minimum atomic E-state index is -4.79. The number of nitrogens with zero attached hydrogens (tertiary/aromatic N) is 3. The Hall–Kier alpha value is -2.81. The van der Waals surface area contributed by atoms with Crippen molar-refractivity contribution in [2.75, 3.05) is 20.1 Å². The summed E-state index contributed by atoms with van der Waals surface area (Å²) in [5, 5.41) is 6.80. The number of nitrogens with one attached hydrogen (secondary N) is 1. The number of aromatic nitrogens is 3. The number of ether oxygens (including phenoxy) is 1. The standard InChI is InChI=1S/C18H17F3N4O2/c1-24-5-4-14(10-24)27-13-3-2-11-8-25(9-12(11)6-13)15-7-22-23-17(26)16(15)18(19,20)21/h2-3,6-9,14H,4-5,10H2,1H3,(H,23,26). The van der Waals surface area contributed by atoms with E-state index < -0.39 is 17.3 Å². The van der Waals surface area contributed by atoms with Crippen LogP contribution in [0.5, 0.6) is 5.75 Å². The van der Waals surface area contributed by atoms with Crippen LogP contribution in [0.3, 0.4) is 0 Å². The highest BCUT2D eigenvalue weighted by Crippen LogP contribution is 2.32. The molecule has 0 saturated carbocycles. The molecule has 1 atom stereocenters. The van der Waals surface area contributed by atoms with Crippen molar-refractivity contribution in [3.05, 3.63) is 52.7 Å². The van der Waals surface area contributed by atoms with Gasteiger partial charge in [0.1, 0.15) is 17.4 Å². The number of alkyl halides is 3. The van der Waals surface area contributed by atoms with Gasteiger partial charge in [-0.15, -0.1) is 0 Å². The van der Waals surface area contributed by atoms with E-state index in [2.05, 4.69) is 10.00 Å². The van der Waals surface area contributed by atoms with Crippen LogP contribution in [-0.4, -0.2) is 45.9 Å². The summed E-state index contributed by atoms with van der Waals surface area (Å²) in [6.45, 7) is 1.81. The van der Waals surface area contributed by atoms with E-state index >= 15 is 0 Å². The normalized spacial score (nSPS) is 18.3. The Kier molecular flexibility index (Phi) is 4.18. The number of aromatic amines is 1. The molecule has 0 aliphatic carbocycles. The van der Waals surface area contributed by atoms with E-state index in [-0.39, 0.29) is 11.8 Å². The van der Waals surface area contributed by atoms with Crippen molar-refractivity contribution in [1.29, 1.82) is 0 Å².